The minimum atomic E-state index is -3.82. The van der Waals surface area contributed by atoms with Gasteiger partial charge in [-0.1, -0.05) is 48.0 Å². The van der Waals surface area contributed by atoms with Crippen LogP contribution in [0, 0.1) is 6.92 Å². The molecule has 0 saturated heterocycles. The number of methoxy groups -OCH3 is 1. The molecular weight excluding hydrogens is 436 g/mol. The summed E-state index contributed by atoms with van der Waals surface area (Å²) in [7, 11) is -2.35. The van der Waals surface area contributed by atoms with Gasteiger partial charge in [0.1, 0.15) is 5.75 Å². The van der Waals surface area contributed by atoms with Gasteiger partial charge in [0.2, 0.25) is 15.7 Å². The predicted octanol–water partition coefficient (Wildman–Crippen LogP) is 5.04. The molecule has 0 aliphatic carbocycles. The van der Waals surface area contributed by atoms with Crippen LogP contribution in [-0.2, 0) is 14.6 Å². The number of rotatable bonds is 7. The fourth-order valence-corrected chi connectivity index (χ4v) is 4.94. The van der Waals surface area contributed by atoms with Crippen LogP contribution in [0.25, 0.3) is 10.8 Å². The standard InChI is InChI=1S/C26H24N2O4S/c1-18-7-12-23(13-8-18)33(30,31)25-16-22(32-2)11-14-24(25)27-17-26(29)28-21-10-9-19-5-3-4-6-20(19)15-21/h3-16,27H,17H2,1-2H3,(H,28,29). The second kappa shape index (κ2) is 9.34. The highest BCUT2D eigenvalue weighted by atomic mass is 32.2. The summed E-state index contributed by atoms with van der Waals surface area (Å²) in [5.41, 5.74) is 1.95. The number of benzene rings is 4. The molecule has 0 radical (unpaired) electrons. The molecule has 4 aromatic rings. The molecular formula is C26H24N2O4S. The predicted molar refractivity (Wildman–Crippen MR) is 131 cm³/mol. The molecule has 0 fully saturated rings. The fourth-order valence-electron chi connectivity index (χ4n) is 3.49. The summed E-state index contributed by atoms with van der Waals surface area (Å²) < 4.78 is 31.8. The molecule has 0 spiro atoms. The summed E-state index contributed by atoms with van der Waals surface area (Å²) in [5, 5.41) is 7.91. The van der Waals surface area contributed by atoms with Gasteiger partial charge in [-0.2, -0.15) is 0 Å². The lowest BCUT2D eigenvalue weighted by Crippen LogP contribution is -2.22. The van der Waals surface area contributed by atoms with Crippen molar-refractivity contribution in [2.75, 3.05) is 24.3 Å². The van der Waals surface area contributed by atoms with Gasteiger partial charge in [0.25, 0.3) is 0 Å². The number of carbonyl (C=O) groups excluding carboxylic acids is 1. The lowest BCUT2D eigenvalue weighted by atomic mass is 10.1. The highest BCUT2D eigenvalue weighted by Crippen LogP contribution is 2.31. The molecule has 168 valence electrons. The van der Waals surface area contributed by atoms with Crippen molar-refractivity contribution in [1.29, 1.82) is 0 Å². The van der Waals surface area contributed by atoms with Crippen molar-refractivity contribution in [2.45, 2.75) is 16.7 Å². The Morgan fingerprint density at radius 2 is 1.61 bits per heavy atom. The fraction of sp³-hybridized carbons (Fsp3) is 0.115. The molecule has 0 aromatic heterocycles. The van der Waals surface area contributed by atoms with Gasteiger partial charge < -0.3 is 15.4 Å². The summed E-state index contributed by atoms with van der Waals surface area (Å²) in [6.07, 6.45) is 0. The van der Waals surface area contributed by atoms with E-state index in [2.05, 4.69) is 10.6 Å². The number of ether oxygens (including phenoxy) is 1. The molecule has 4 rings (SSSR count). The summed E-state index contributed by atoms with van der Waals surface area (Å²) in [5.74, 6) is 0.117. The van der Waals surface area contributed by atoms with Crippen LogP contribution in [0.2, 0.25) is 0 Å². The van der Waals surface area contributed by atoms with Crippen molar-refractivity contribution in [2.24, 2.45) is 0 Å². The van der Waals surface area contributed by atoms with Crippen molar-refractivity contribution in [3.63, 3.8) is 0 Å². The number of amides is 1. The summed E-state index contributed by atoms with van der Waals surface area (Å²) in [6.45, 7) is 1.79. The number of sulfone groups is 1. The smallest absolute Gasteiger partial charge is 0.243 e. The van der Waals surface area contributed by atoms with E-state index in [1.807, 2.05) is 49.4 Å². The summed E-state index contributed by atoms with van der Waals surface area (Å²) in [6, 6.07) is 24.9. The first-order valence-electron chi connectivity index (χ1n) is 10.4. The van der Waals surface area contributed by atoms with Crippen LogP contribution in [0.5, 0.6) is 5.75 Å². The van der Waals surface area contributed by atoms with Crippen LogP contribution in [0.3, 0.4) is 0 Å². The van der Waals surface area contributed by atoms with Gasteiger partial charge in [0.05, 0.1) is 29.1 Å². The number of hydrogen-bond acceptors (Lipinski definition) is 5. The second-order valence-corrected chi connectivity index (χ2v) is 9.56. The molecule has 0 unspecified atom stereocenters. The van der Waals surface area contributed by atoms with Crippen molar-refractivity contribution < 1.29 is 17.9 Å². The topological polar surface area (TPSA) is 84.5 Å². The van der Waals surface area contributed by atoms with Gasteiger partial charge >= 0.3 is 0 Å². The molecule has 0 saturated carbocycles. The number of aryl methyl sites for hydroxylation is 1. The molecule has 1 amide bonds. The van der Waals surface area contributed by atoms with Crippen molar-refractivity contribution in [3.8, 4) is 5.75 Å². The quantitative estimate of drug-likeness (QED) is 0.404. The first kappa shape index (κ1) is 22.4. The van der Waals surface area contributed by atoms with Gasteiger partial charge in [0, 0.05) is 11.8 Å². The van der Waals surface area contributed by atoms with E-state index < -0.39 is 9.84 Å². The van der Waals surface area contributed by atoms with E-state index in [9.17, 15) is 13.2 Å². The Morgan fingerprint density at radius 1 is 0.879 bits per heavy atom. The first-order chi connectivity index (χ1) is 15.9. The maximum Gasteiger partial charge on any atom is 0.243 e. The number of anilines is 2. The Morgan fingerprint density at radius 3 is 2.33 bits per heavy atom. The minimum absolute atomic E-state index is 0.0456. The lowest BCUT2D eigenvalue weighted by molar-refractivity contribution is -0.114. The van der Waals surface area contributed by atoms with Crippen LogP contribution in [-0.4, -0.2) is 28.0 Å². The Labute approximate surface area is 193 Å². The van der Waals surface area contributed by atoms with E-state index in [0.717, 1.165) is 16.3 Å². The number of carbonyl (C=O) groups is 1. The second-order valence-electron chi connectivity index (χ2n) is 7.64. The highest BCUT2D eigenvalue weighted by Gasteiger charge is 2.22. The average molecular weight is 461 g/mol. The molecule has 0 atom stereocenters. The Kier molecular flexibility index (Phi) is 6.33. The minimum Gasteiger partial charge on any atom is -0.497 e. The van der Waals surface area contributed by atoms with Gasteiger partial charge in [-0.05, 0) is 54.1 Å². The Bertz CT molecular complexity index is 1410. The van der Waals surface area contributed by atoms with Crippen molar-refractivity contribution in [1.82, 2.24) is 0 Å². The monoisotopic (exact) mass is 460 g/mol. The molecule has 33 heavy (non-hydrogen) atoms. The molecule has 0 aliphatic heterocycles. The van der Waals surface area contributed by atoms with Crippen molar-refractivity contribution in [3.05, 3.63) is 90.5 Å². The van der Waals surface area contributed by atoms with E-state index in [0.29, 0.717) is 17.1 Å². The maximum absolute atomic E-state index is 13.3. The van der Waals surface area contributed by atoms with Gasteiger partial charge in [0.15, 0.2) is 0 Å². The first-order valence-corrected chi connectivity index (χ1v) is 11.9. The van der Waals surface area contributed by atoms with E-state index in [1.54, 1.807) is 36.4 Å². The van der Waals surface area contributed by atoms with Gasteiger partial charge in [-0.25, -0.2) is 8.42 Å². The normalized spacial score (nSPS) is 11.2. The van der Waals surface area contributed by atoms with E-state index in [4.69, 9.17) is 4.74 Å². The van der Waals surface area contributed by atoms with Crippen LogP contribution >= 0.6 is 0 Å². The summed E-state index contributed by atoms with van der Waals surface area (Å²) >= 11 is 0. The van der Waals surface area contributed by atoms with Crippen LogP contribution in [0.4, 0.5) is 11.4 Å². The molecule has 0 aliphatic rings. The molecule has 2 N–H and O–H groups in total. The van der Waals surface area contributed by atoms with Crippen LogP contribution in [0.1, 0.15) is 5.56 Å². The molecule has 0 bridgehead atoms. The third-order valence-corrected chi connectivity index (χ3v) is 7.09. The maximum atomic E-state index is 13.3. The number of nitrogens with one attached hydrogen (secondary N) is 2. The van der Waals surface area contributed by atoms with E-state index in [-0.39, 0.29) is 22.2 Å². The zero-order valence-electron chi connectivity index (χ0n) is 18.3. The largest absolute Gasteiger partial charge is 0.497 e. The third kappa shape index (κ3) is 4.99. The highest BCUT2D eigenvalue weighted by molar-refractivity contribution is 7.91. The molecule has 0 heterocycles. The zero-order valence-corrected chi connectivity index (χ0v) is 19.1. The lowest BCUT2D eigenvalue weighted by Gasteiger charge is -2.14. The number of fused-ring (bicyclic) bond motifs is 1. The zero-order chi connectivity index (χ0) is 23.4. The molecule has 6 nitrogen and oxygen atoms in total. The van der Waals surface area contributed by atoms with E-state index in [1.165, 1.54) is 13.2 Å². The number of hydrogen-bond donors (Lipinski definition) is 2. The van der Waals surface area contributed by atoms with Crippen LogP contribution < -0.4 is 15.4 Å². The molecule has 7 heteroatoms. The summed E-state index contributed by atoms with van der Waals surface area (Å²) in [4.78, 5) is 12.8. The van der Waals surface area contributed by atoms with Gasteiger partial charge in [-0.3, -0.25) is 4.79 Å². The van der Waals surface area contributed by atoms with Crippen molar-refractivity contribution >= 4 is 37.9 Å². The SMILES string of the molecule is COc1ccc(NCC(=O)Nc2ccc3ccccc3c2)c(S(=O)(=O)c2ccc(C)cc2)c1. The average Bonchev–Trinajstić information content (AvgIpc) is 2.83. The molecule has 4 aromatic carbocycles. The third-order valence-electron chi connectivity index (χ3n) is 5.28. The Balaban J connectivity index is 1.55. The van der Waals surface area contributed by atoms with Crippen LogP contribution in [0.15, 0.2) is 94.7 Å². The van der Waals surface area contributed by atoms with E-state index >= 15 is 0 Å². The Hall–Kier alpha value is -3.84. The van der Waals surface area contributed by atoms with Gasteiger partial charge in [-0.15, -0.1) is 0 Å².